The highest BCUT2D eigenvalue weighted by atomic mass is 19.4. The number of rotatable bonds is 1. The predicted octanol–water partition coefficient (Wildman–Crippen LogP) is 2.20. The van der Waals surface area contributed by atoms with Gasteiger partial charge in [0.1, 0.15) is 0 Å². The quantitative estimate of drug-likeness (QED) is 0.642. The molecule has 0 aliphatic heterocycles. The number of Topliss-reactive ketones (excluding diaryl/α,β-unsaturated/α-hetero) is 1. The molecule has 13 heavy (non-hydrogen) atoms. The molecule has 0 radical (unpaired) electrons. The summed E-state index contributed by atoms with van der Waals surface area (Å²) in [5.74, 6) is -1.76. The van der Waals surface area contributed by atoms with Crippen LogP contribution in [0.5, 0.6) is 0 Å². The van der Waals surface area contributed by atoms with Gasteiger partial charge in [0, 0.05) is 12.5 Å². The van der Waals surface area contributed by atoms with Crippen molar-refractivity contribution in [2.75, 3.05) is 0 Å². The van der Waals surface area contributed by atoms with E-state index in [0.717, 1.165) is 13.8 Å². The summed E-state index contributed by atoms with van der Waals surface area (Å²) in [4.78, 5) is 10.7. The molecule has 0 fully saturated rings. The molecule has 0 aromatic carbocycles. The zero-order chi connectivity index (χ0) is 10.2. The number of carbonyl (C=O) groups is 1. The Morgan fingerprint density at radius 2 is 2.00 bits per heavy atom. The summed E-state index contributed by atoms with van der Waals surface area (Å²) in [5, 5.41) is 3.04. The van der Waals surface area contributed by atoms with Crippen molar-refractivity contribution in [3.05, 3.63) is 17.0 Å². The van der Waals surface area contributed by atoms with E-state index in [9.17, 15) is 18.0 Å². The molecule has 1 rings (SSSR count). The minimum Gasteiger partial charge on any atom is -0.351 e. The second-order valence-electron chi connectivity index (χ2n) is 2.54. The summed E-state index contributed by atoms with van der Waals surface area (Å²) in [6, 6.07) is 0. The van der Waals surface area contributed by atoms with Crippen LogP contribution in [-0.4, -0.2) is 10.9 Å². The SMILES string of the molecule is CC(=O)c1noc(C(F)(F)F)c1C. The zero-order valence-electron chi connectivity index (χ0n) is 6.90. The average molecular weight is 193 g/mol. The van der Waals surface area contributed by atoms with E-state index in [2.05, 4.69) is 9.68 Å². The first kappa shape index (κ1) is 9.76. The van der Waals surface area contributed by atoms with Gasteiger partial charge in [-0.25, -0.2) is 0 Å². The van der Waals surface area contributed by atoms with E-state index in [1.807, 2.05) is 0 Å². The highest BCUT2D eigenvalue weighted by Crippen LogP contribution is 2.32. The minimum atomic E-state index is -4.59. The van der Waals surface area contributed by atoms with Gasteiger partial charge in [-0.3, -0.25) is 4.79 Å². The van der Waals surface area contributed by atoms with Crippen LogP contribution in [0.2, 0.25) is 0 Å². The number of hydrogen-bond acceptors (Lipinski definition) is 3. The lowest BCUT2D eigenvalue weighted by molar-refractivity contribution is -0.156. The fraction of sp³-hybridized carbons (Fsp3) is 0.429. The molecule has 6 heteroatoms. The molecule has 0 atom stereocenters. The third kappa shape index (κ3) is 1.71. The van der Waals surface area contributed by atoms with E-state index in [-0.39, 0.29) is 11.3 Å². The van der Waals surface area contributed by atoms with Crippen LogP contribution in [0.1, 0.15) is 28.7 Å². The summed E-state index contributed by atoms with van der Waals surface area (Å²) in [5.41, 5.74) is -0.535. The van der Waals surface area contributed by atoms with E-state index in [4.69, 9.17) is 0 Å². The second-order valence-corrected chi connectivity index (χ2v) is 2.54. The maximum absolute atomic E-state index is 12.1. The largest absolute Gasteiger partial charge is 0.452 e. The van der Waals surface area contributed by atoms with Crippen LogP contribution in [0, 0.1) is 6.92 Å². The molecule has 1 aromatic rings. The van der Waals surface area contributed by atoms with Crippen molar-refractivity contribution in [2.24, 2.45) is 0 Å². The number of aromatic nitrogens is 1. The third-order valence-corrected chi connectivity index (χ3v) is 1.51. The van der Waals surface area contributed by atoms with Crippen molar-refractivity contribution in [3.8, 4) is 0 Å². The lowest BCUT2D eigenvalue weighted by atomic mass is 10.1. The van der Waals surface area contributed by atoms with Gasteiger partial charge in [0.25, 0.3) is 0 Å². The summed E-state index contributed by atoms with van der Waals surface area (Å²) in [6.07, 6.45) is -4.59. The van der Waals surface area contributed by atoms with Crippen LogP contribution >= 0.6 is 0 Å². The highest BCUT2D eigenvalue weighted by molar-refractivity contribution is 5.93. The van der Waals surface area contributed by atoms with Gasteiger partial charge in [0.2, 0.25) is 5.76 Å². The molecule has 1 heterocycles. The van der Waals surface area contributed by atoms with Crippen LogP contribution in [0.4, 0.5) is 13.2 Å². The van der Waals surface area contributed by atoms with Crippen molar-refractivity contribution in [1.29, 1.82) is 0 Å². The molecule has 0 saturated heterocycles. The Morgan fingerprint density at radius 1 is 1.46 bits per heavy atom. The standard InChI is InChI=1S/C7H6F3NO2/c1-3-5(4(2)12)11-13-6(3)7(8,9)10/h1-2H3. The van der Waals surface area contributed by atoms with Gasteiger partial charge in [-0.2, -0.15) is 13.2 Å². The number of nitrogens with zero attached hydrogens (tertiary/aromatic N) is 1. The first-order valence-electron chi connectivity index (χ1n) is 3.38. The molecular formula is C7H6F3NO2. The molecule has 3 nitrogen and oxygen atoms in total. The summed E-state index contributed by atoms with van der Waals surface area (Å²) < 4.78 is 40.3. The van der Waals surface area contributed by atoms with Gasteiger partial charge in [-0.15, -0.1) is 0 Å². The van der Waals surface area contributed by atoms with Crippen molar-refractivity contribution in [3.63, 3.8) is 0 Å². The molecule has 1 aromatic heterocycles. The Balaban J connectivity index is 3.22. The Kier molecular flexibility index (Phi) is 2.15. The molecule has 0 aliphatic carbocycles. The fourth-order valence-electron chi connectivity index (χ4n) is 0.928. The molecule has 0 bridgehead atoms. The maximum atomic E-state index is 12.1. The number of carbonyl (C=O) groups excluding carboxylic acids is 1. The van der Waals surface area contributed by atoms with Gasteiger partial charge >= 0.3 is 6.18 Å². The van der Waals surface area contributed by atoms with Crippen LogP contribution in [0.25, 0.3) is 0 Å². The Labute approximate surface area is 71.5 Å². The van der Waals surface area contributed by atoms with E-state index in [1.54, 1.807) is 0 Å². The summed E-state index contributed by atoms with van der Waals surface area (Å²) >= 11 is 0. The van der Waals surface area contributed by atoms with Crippen molar-refractivity contribution < 1.29 is 22.5 Å². The van der Waals surface area contributed by atoms with Crippen molar-refractivity contribution in [1.82, 2.24) is 5.16 Å². The summed E-state index contributed by atoms with van der Waals surface area (Å²) in [6.45, 7) is 2.28. The molecule has 0 N–H and O–H groups in total. The van der Waals surface area contributed by atoms with Gasteiger partial charge < -0.3 is 4.52 Å². The average Bonchev–Trinajstić information content (AvgIpc) is 2.28. The minimum absolute atomic E-state index is 0.264. The predicted molar refractivity (Wildman–Crippen MR) is 36.2 cm³/mol. The molecule has 0 aliphatic rings. The topological polar surface area (TPSA) is 43.1 Å². The van der Waals surface area contributed by atoms with Crippen molar-refractivity contribution in [2.45, 2.75) is 20.0 Å². The first-order chi connectivity index (χ1) is 5.84. The monoisotopic (exact) mass is 193 g/mol. The van der Waals surface area contributed by atoms with Gasteiger partial charge in [0.15, 0.2) is 11.5 Å². The number of ketones is 1. The highest BCUT2D eigenvalue weighted by Gasteiger charge is 2.39. The molecule has 72 valence electrons. The number of halogens is 3. The van der Waals surface area contributed by atoms with Crippen LogP contribution in [0.15, 0.2) is 4.52 Å². The Morgan fingerprint density at radius 3 is 2.23 bits per heavy atom. The van der Waals surface area contributed by atoms with E-state index in [1.165, 1.54) is 0 Å². The molecule has 0 unspecified atom stereocenters. The Bertz CT molecular complexity index is 340. The van der Waals surface area contributed by atoms with Crippen LogP contribution < -0.4 is 0 Å². The number of alkyl halides is 3. The molecule has 0 amide bonds. The third-order valence-electron chi connectivity index (χ3n) is 1.51. The smallest absolute Gasteiger partial charge is 0.351 e. The van der Waals surface area contributed by atoms with Crippen molar-refractivity contribution >= 4 is 5.78 Å². The zero-order valence-corrected chi connectivity index (χ0v) is 6.90. The van der Waals surface area contributed by atoms with E-state index < -0.39 is 17.7 Å². The van der Waals surface area contributed by atoms with Gasteiger partial charge in [-0.05, 0) is 6.92 Å². The lowest BCUT2D eigenvalue weighted by Gasteiger charge is -2.00. The Hall–Kier alpha value is -1.33. The van der Waals surface area contributed by atoms with Crippen LogP contribution in [0.3, 0.4) is 0 Å². The molecular weight excluding hydrogens is 187 g/mol. The maximum Gasteiger partial charge on any atom is 0.452 e. The lowest BCUT2D eigenvalue weighted by Crippen LogP contribution is -2.06. The normalized spacial score (nSPS) is 11.8. The fourth-order valence-corrected chi connectivity index (χ4v) is 0.928. The summed E-state index contributed by atoms with van der Waals surface area (Å²) in [7, 11) is 0. The van der Waals surface area contributed by atoms with E-state index >= 15 is 0 Å². The first-order valence-corrected chi connectivity index (χ1v) is 3.38. The van der Waals surface area contributed by atoms with E-state index in [0.29, 0.717) is 0 Å². The number of hydrogen-bond donors (Lipinski definition) is 0. The second kappa shape index (κ2) is 2.86. The molecule has 0 spiro atoms. The van der Waals surface area contributed by atoms with Crippen LogP contribution in [-0.2, 0) is 6.18 Å². The van der Waals surface area contributed by atoms with Gasteiger partial charge in [-0.1, -0.05) is 5.16 Å². The van der Waals surface area contributed by atoms with Gasteiger partial charge in [0.05, 0.1) is 0 Å². The molecule has 0 saturated carbocycles.